The average molecular weight is 287 g/mol. The number of nitrogen functional groups attached to an aromatic ring is 1. The van der Waals surface area contributed by atoms with Gasteiger partial charge in [-0.05, 0) is 18.2 Å². The summed E-state index contributed by atoms with van der Waals surface area (Å²) in [6.07, 6.45) is 0. The zero-order valence-electron chi connectivity index (χ0n) is 11.8. The van der Waals surface area contributed by atoms with Crippen molar-refractivity contribution in [3.63, 3.8) is 0 Å². The molecule has 2 rings (SSSR count). The van der Waals surface area contributed by atoms with Crippen LogP contribution in [0, 0.1) is 0 Å². The van der Waals surface area contributed by atoms with Gasteiger partial charge in [-0.1, -0.05) is 0 Å². The standard InChI is InChI=1S/C15H17N3O3/c1-20-11-6-10(7-12(8-11)21-2)18-14-4-3-9(15(17)19)5-13(14)16/h3-8,18H,16H2,1-2H3,(H2,17,19). The van der Waals surface area contributed by atoms with E-state index in [4.69, 9.17) is 20.9 Å². The van der Waals surface area contributed by atoms with Crippen LogP contribution in [0.5, 0.6) is 11.5 Å². The number of nitrogens with two attached hydrogens (primary N) is 2. The second-order valence-corrected chi connectivity index (χ2v) is 4.39. The maximum atomic E-state index is 11.1. The van der Waals surface area contributed by atoms with E-state index in [0.717, 1.165) is 5.69 Å². The highest BCUT2D eigenvalue weighted by atomic mass is 16.5. The Labute approximate surface area is 122 Å². The van der Waals surface area contributed by atoms with Crippen molar-refractivity contribution in [3.05, 3.63) is 42.0 Å². The maximum Gasteiger partial charge on any atom is 0.248 e. The van der Waals surface area contributed by atoms with Crippen molar-refractivity contribution in [3.8, 4) is 11.5 Å². The van der Waals surface area contributed by atoms with Gasteiger partial charge in [0.1, 0.15) is 11.5 Å². The molecule has 0 aliphatic rings. The van der Waals surface area contributed by atoms with Crippen LogP contribution in [0.3, 0.4) is 0 Å². The molecule has 0 atom stereocenters. The van der Waals surface area contributed by atoms with Crippen LogP contribution < -0.4 is 26.3 Å². The molecule has 0 radical (unpaired) electrons. The fraction of sp³-hybridized carbons (Fsp3) is 0.133. The molecule has 0 unspecified atom stereocenters. The average Bonchev–Trinajstić information content (AvgIpc) is 2.48. The van der Waals surface area contributed by atoms with Gasteiger partial charge in [-0.15, -0.1) is 0 Å². The summed E-state index contributed by atoms with van der Waals surface area (Å²) in [7, 11) is 3.16. The fourth-order valence-corrected chi connectivity index (χ4v) is 1.86. The van der Waals surface area contributed by atoms with Gasteiger partial charge in [0, 0.05) is 29.4 Å². The minimum absolute atomic E-state index is 0.362. The molecule has 0 aliphatic carbocycles. The summed E-state index contributed by atoms with van der Waals surface area (Å²) < 4.78 is 10.4. The summed E-state index contributed by atoms with van der Waals surface area (Å²) in [6, 6.07) is 10.2. The molecule has 21 heavy (non-hydrogen) atoms. The molecule has 110 valence electrons. The Balaban J connectivity index is 2.31. The summed E-state index contributed by atoms with van der Waals surface area (Å²) in [4.78, 5) is 11.1. The number of rotatable bonds is 5. The fourth-order valence-electron chi connectivity index (χ4n) is 1.86. The number of nitrogens with one attached hydrogen (secondary N) is 1. The van der Waals surface area contributed by atoms with Crippen LogP contribution in [0.25, 0.3) is 0 Å². The summed E-state index contributed by atoms with van der Waals surface area (Å²) >= 11 is 0. The largest absolute Gasteiger partial charge is 0.497 e. The van der Waals surface area contributed by atoms with Crippen molar-refractivity contribution in [2.45, 2.75) is 0 Å². The van der Waals surface area contributed by atoms with Gasteiger partial charge < -0.3 is 26.3 Å². The van der Waals surface area contributed by atoms with Crippen molar-refractivity contribution in [1.82, 2.24) is 0 Å². The van der Waals surface area contributed by atoms with Crippen LogP contribution in [-0.2, 0) is 0 Å². The monoisotopic (exact) mass is 287 g/mol. The molecule has 0 saturated heterocycles. The number of carbonyl (C=O) groups excluding carboxylic acids is 1. The lowest BCUT2D eigenvalue weighted by Crippen LogP contribution is -2.11. The number of carbonyl (C=O) groups is 1. The van der Waals surface area contributed by atoms with Crippen molar-refractivity contribution in [2.24, 2.45) is 5.73 Å². The van der Waals surface area contributed by atoms with Gasteiger partial charge in [0.15, 0.2) is 0 Å². The van der Waals surface area contributed by atoms with Crippen LogP contribution >= 0.6 is 0 Å². The number of primary amides is 1. The molecule has 6 nitrogen and oxygen atoms in total. The van der Waals surface area contributed by atoms with Crippen LogP contribution in [0.2, 0.25) is 0 Å². The summed E-state index contributed by atoms with van der Waals surface area (Å²) in [5.41, 5.74) is 13.3. The Kier molecular flexibility index (Phi) is 4.18. The van der Waals surface area contributed by atoms with Crippen LogP contribution in [-0.4, -0.2) is 20.1 Å². The summed E-state index contributed by atoms with van der Waals surface area (Å²) in [5, 5.41) is 3.15. The lowest BCUT2D eigenvalue weighted by molar-refractivity contribution is 0.100. The molecule has 0 spiro atoms. The smallest absolute Gasteiger partial charge is 0.248 e. The predicted molar refractivity (Wildman–Crippen MR) is 82.2 cm³/mol. The first-order valence-corrected chi connectivity index (χ1v) is 6.23. The molecular weight excluding hydrogens is 270 g/mol. The van der Waals surface area contributed by atoms with E-state index in [1.165, 1.54) is 6.07 Å². The lowest BCUT2D eigenvalue weighted by Gasteiger charge is -2.13. The van der Waals surface area contributed by atoms with Gasteiger partial charge in [-0.3, -0.25) is 4.79 Å². The number of anilines is 3. The topological polar surface area (TPSA) is 99.6 Å². The first-order chi connectivity index (χ1) is 10.0. The number of hydrogen-bond acceptors (Lipinski definition) is 5. The molecule has 0 aliphatic heterocycles. The van der Waals surface area contributed by atoms with Crippen LogP contribution in [0.4, 0.5) is 17.1 Å². The lowest BCUT2D eigenvalue weighted by atomic mass is 10.1. The maximum absolute atomic E-state index is 11.1. The van der Waals surface area contributed by atoms with E-state index in [9.17, 15) is 4.79 Å². The predicted octanol–water partition coefficient (Wildman–Crippen LogP) is 2.13. The van der Waals surface area contributed by atoms with E-state index in [-0.39, 0.29) is 0 Å². The molecular formula is C15H17N3O3. The zero-order valence-corrected chi connectivity index (χ0v) is 11.8. The molecule has 0 bridgehead atoms. The SMILES string of the molecule is COc1cc(Nc2ccc(C(N)=O)cc2N)cc(OC)c1. The molecule has 2 aromatic rings. The van der Waals surface area contributed by atoms with Gasteiger partial charge >= 0.3 is 0 Å². The first-order valence-electron chi connectivity index (χ1n) is 6.23. The van der Waals surface area contributed by atoms with Crippen molar-refractivity contribution >= 4 is 23.0 Å². The number of ether oxygens (including phenoxy) is 2. The third-order valence-corrected chi connectivity index (χ3v) is 2.97. The van der Waals surface area contributed by atoms with Crippen molar-refractivity contribution in [2.75, 3.05) is 25.3 Å². The van der Waals surface area contributed by atoms with Gasteiger partial charge in [-0.2, -0.15) is 0 Å². The Morgan fingerprint density at radius 3 is 2.14 bits per heavy atom. The van der Waals surface area contributed by atoms with E-state index < -0.39 is 5.91 Å². The van der Waals surface area contributed by atoms with E-state index in [0.29, 0.717) is 28.4 Å². The second-order valence-electron chi connectivity index (χ2n) is 4.39. The Bertz CT molecular complexity index is 649. The van der Waals surface area contributed by atoms with Crippen LogP contribution in [0.15, 0.2) is 36.4 Å². The Morgan fingerprint density at radius 1 is 1.05 bits per heavy atom. The van der Waals surface area contributed by atoms with E-state index in [1.807, 2.05) is 12.1 Å². The minimum atomic E-state index is -0.517. The van der Waals surface area contributed by atoms with Gasteiger partial charge in [0.25, 0.3) is 0 Å². The van der Waals surface area contributed by atoms with Gasteiger partial charge in [0.05, 0.1) is 25.6 Å². The molecule has 6 heteroatoms. The number of methoxy groups -OCH3 is 2. The zero-order chi connectivity index (χ0) is 15.4. The summed E-state index contributed by atoms with van der Waals surface area (Å²) in [6.45, 7) is 0. The van der Waals surface area contributed by atoms with Crippen LogP contribution in [0.1, 0.15) is 10.4 Å². The highest BCUT2D eigenvalue weighted by Gasteiger charge is 2.07. The highest BCUT2D eigenvalue weighted by molar-refractivity contribution is 5.95. The van der Waals surface area contributed by atoms with Gasteiger partial charge in [0.2, 0.25) is 5.91 Å². The normalized spacial score (nSPS) is 10.0. The molecule has 1 amide bonds. The molecule has 0 aromatic heterocycles. The molecule has 0 heterocycles. The van der Waals surface area contributed by atoms with Gasteiger partial charge in [-0.25, -0.2) is 0 Å². The Hall–Kier alpha value is -2.89. The molecule has 0 saturated carbocycles. The molecule has 2 aromatic carbocycles. The quantitative estimate of drug-likeness (QED) is 0.731. The highest BCUT2D eigenvalue weighted by Crippen LogP contribution is 2.30. The number of amides is 1. The minimum Gasteiger partial charge on any atom is -0.497 e. The van der Waals surface area contributed by atoms with Crippen molar-refractivity contribution < 1.29 is 14.3 Å². The van der Waals surface area contributed by atoms with E-state index in [2.05, 4.69) is 5.32 Å². The first kappa shape index (κ1) is 14.5. The Morgan fingerprint density at radius 2 is 1.67 bits per heavy atom. The summed E-state index contributed by atoms with van der Waals surface area (Å²) in [5.74, 6) is 0.796. The van der Waals surface area contributed by atoms with E-state index >= 15 is 0 Å². The second kappa shape index (κ2) is 6.04. The number of hydrogen-bond donors (Lipinski definition) is 3. The molecule has 5 N–H and O–H groups in total. The van der Waals surface area contributed by atoms with Crippen molar-refractivity contribution in [1.29, 1.82) is 0 Å². The van der Waals surface area contributed by atoms with E-state index in [1.54, 1.807) is 32.4 Å². The number of benzene rings is 2. The molecule has 0 fully saturated rings. The third-order valence-electron chi connectivity index (χ3n) is 2.97. The third kappa shape index (κ3) is 3.36.